The summed E-state index contributed by atoms with van der Waals surface area (Å²) in [5.74, 6) is 1.94. The van der Waals surface area contributed by atoms with Crippen LogP contribution in [0.1, 0.15) is 0 Å². The van der Waals surface area contributed by atoms with Crippen molar-refractivity contribution in [2.45, 2.75) is 0 Å². The molecule has 0 atom stereocenters. The average molecular weight is 691 g/mol. The summed E-state index contributed by atoms with van der Waals surface area (Å²) in [5, 5.41) is 0. The first-order valence-electron chi connectivity index (χ1n) is 18.1. The molecule has 0 spiro atoms. The van der Waals surface area contributed by atoms with Crippen LogP contribution in [0.2, 0.25) is 0 Å². The normalized spacial score (nSPS) is 11.0. The van der Waals surface area contributed by atoms with E-state index in [0.29, 0.717) is 17.5 Å². The van der Waals surface area contributed by atoms with E-state index in [0.717, 1.165) is 72.6 Å². The molecule has 0 bridgehead atoms. The Balaban J connectivity index is 1.04. The fourth-order valence-corrected chi connectivity index (χ4v) is 6.72. The van der Waals surface area contributed by atoms with Gasteiger partial charge in [-0.3, -0.25) is 0 Å². The molecule has 0 N–H and O–H groups in total. The van der Waals surface area contributed by atoms with E-state index in [9.17, 15) is 0 Å². The molecule has 54 heavy (non-hydrogen) atoms. The van der Waals surface area contributed by atoms with Crippen molar-refractivity contribution >= 4 is 0 Å². The van der Waals surface area contributed by atoms with Gasteiger partial charge in [0, 0.05) is 27.8 Å². The van der Waals surface area contributed by atoms with Crippen molar-refractivity contribution in [1.29, 1.82) is 0 Å². The van der Waals surface area contributed by atoms with E-state index in [-0.39, 0.29) is 0 Å². The number of rotatable bonds is 8. The maximum Gasteiger partial charge on any atom is 0.164 e. The van der Waals surface area contributed by atoms with Gasteiger partial charge >= 0.3 is 0 Å². The van der Waals surface area contributed by atoms with Crippen LogP contribution in [-0.4, -0.2) is 19.9 Å². The Labute approximate surface area is 315 Å². The van der Waals surface area contributed by atoms with Crippen molar-refractivity contribution in [3.05, 3.63) is 206 Å². The molecule has 0 aliphatic carbocycles. The van der Waals surface area contributed by atoms with Crippen LogP contribution in [-0.2, 0) is 0 Å². The van der Waals surface area contributed by atoms with Crippen LogP contribution in [0.5, 0.6) is 0 Å². The standard InChI is InChI=1S/C50H34N4/c1-5-15-37(16-6-1)46-33-45(34-47(51-46)38-17-7-2-8-18-38)43-25-13-23-41(31-43)35-27-29-36(30-28-35)42-24-14-26-44(32-42)50-53-48(39-19-9-3-10-20-39)52-49(54-50)40-21-11-4-12-22-40/h1-34H. The summed E-state index contributed by atoms with van der Waals surface area (Å²) in [7, 11) is 0. The summed E-state index contributed by atoms with van der Waals surface area (Å²) >= 11 is 0. The average Bonchev–Trinajstić information content (AvgIpc) is 3.27. The van der Waals surface area contributed by atoms with Gasteiger partial charge in [0.2, 0.25) is 0 Å². The van der Waals surface area contributed by atoms with Gasteiger partial charge in [-0.2, -0.15) is 0 Å². The van der Waals surface area contributed by atoms with Gasteiger partial charge in [-0.1, -0.05) is 182 Å². The number of hydrogen-bond acceptors (Lipinski definition) is 4. The van der Waals surface area contributed by atoms with Crippen LogP contribution < -0.4 is 0 Å². The van der Waals surface area contributed by atoms with Crippen LogP contribution in [0.15, 0.2) is 206 Å². The summed E-state index contributed by atoms with van der Waals surface area (Å²) in [6.45, 7) is 0. The maximum absolute atomic E-state index is 5.07. The number of pyridine rings is 1. The zero-order valence-corrected chi connectivity index (χ0v) is 29.4. The summed E-state index contributed by atoms with van der Waals surface area (Å²) < 4.78 is 0. The first-order chi connectivity index (χ1) is 26.7. The van der Waals surface area contributed by atoms with Crippen molar-refractivity contribution in [1.82, 2.24) is 19.9 Å². The van der Waals surface area contributed by atoms with Crippen molar-refractivity contribution < 1.29 is 0 Å². The highest BCUT2D eigenvalue weighted by atomic mass is 15.0. The molecule has 7 aromatic carbocycles. The Hall–Kier alpha value is -7.30. The predicted molar refractivity (Wildman–Crippen MR) is 221 cm³/mol. The Morgan fingerprint density at radius 2 is 0.500 bits per heavy atom. The first-order valence-corrected chi connectivity index (χ1v) is 18.1. The molecule has 0 radical (unpaired) electrons. The van der Waals surface area contributed by atoms with E-state index in [1.807, 2.05) is 72.8 Å². The Bertz CT molecular complexity index is 2370. The van der Waals surface area contributed by atoms with Crippen molar-refractivity contribution in [3.63, 3.8) is 0 Å². The second-order valence-electron chi connectivity index (χ2n) is 13.1. The maximum atomic E-state index is 5.07. The minimum absolute atomic E-state index is 0.639. The molecule has 254 valence electrons. The monoisotopic (exact) mass is 690 g/mol. The van der Waals surface area contributed by atoms with Gasteiger partial charge in [-0.25, -0.2) is 19.9 Å². The molecule has 2 heterocycles. The van der Waals surface area contributed by atoms with E-state index in [1.165, 1.54) is 0 Å². The highest BCUT2D eigenvalue weighted by Gasteiger charge is 2.14. The third-order valence-electron chi connectivity index (χ3n) is 9.53. The highest BCUT2D eigenvalue weighted by Crippen LogP contribution is 2.34. The number of benzene rings is 7. The molecule has 0 aliphatic rings. The minimum Gasteiger partial charge on any atom is -0.248 e. The molecule has 0 fully saturated rings. The van der Waals surface area contributed by atoms with Crippen LogP contribution in [0.4, 0.5) is 0 Å². The zero-order chi connectivity index (χ0) is 36.1. The largest absolute Gasteiger partial charge is 0.248 e. The molecule has 0 unspecified atom stereocenters. The molecule has 2 aromatic heterocycles. The fourth-order valence-electron chi connectivity index (χ4n) is 6.72. The molecule has 0 saturated carbocycles. The molecule has 0 amide bonds. The molecular formula is C50H34N4. The van der Waals surface area contributed by atoms with Crippen LogP contribution >= 0.6 is 0 Å². The van der Waals surface area contributed by atoms with E-state index < -0.39 is 0 Å². The molecular weight excluding hydrogens is 657 g/mol. The second-order valence-corrected chi connectivity index (χ2v) is 13.1. The number of hydrogen-bond donors (Lipinski definition) is 0. The summed E-state index contributed by atoms with van der Waals surface area (Å²) in [4.78, 5) is 19.8. The van der Waals surface area contributed by atoms with Gasteiger partial charge in [0.1, 0.15) is 0 Å². The molecule has 4 nitrogen and oxygen atoms in total. The Kier molecular flexibility index (Phi) is 8.90. The van der Waals surface area contributed by atoms with E-state index >= 15 is 0 Å². The van der Waals surface area contributed by atoms with Gasteiger partial charge < -0.3 is 0 Å². The summed E-state index contributed by atoms with van der Waals surface area (Å²) in [6, 6.07) is 71.2. The molecule has 9 aromatic rings. The van der Waals surface area contributed by atoms with Gasteiger partial charge in [-0.15, -0.1) is 0 Å². The van der Waals surface area contributed by atoms with E-state index in [4.69, 9.17) is 19.9 Å². The van der Waals surface area contributed by atoms with Gasteiger partial charge in [0.15, 0.2) is 17.5 Å². The van der Waals surface area contributed by atoms with E-state index in [2.05, 4.69) is 133 Å². The third kappa shape index (κ3) is 6.97. The van der Waals surface area contributed by atoms with Crippen molar-refractivity contribution in [3.8, 4) is 90.1 Å². The molecule has 4 heteroatoms. The zero-order valence-electron chi connectivity index (χ0n) is 29.4. The lowest BCUT2D eigenvalue weighted by molar-refractivity contribution is 1.07. The Morgan fingerprint density at radius 1 is 0.185 bits per heavy atom. The third-order valence-corrected chi connectivity index (χ3v) is 9.53. The quantitative estimate of drug-likeness (QED) is 0.159. The summed E-state index contributed by atoms with van der Waals surface area (Å²) in [6.07, 6.45) is 0. The second kappa shape index (κ2) is 14.7. The van der Waals surface area contributed by atoms with Gasteiger partial charge in [0.25, 0.3) is 0 Å². The molecule has 0 aliphatic heterocycles. The lowest BCUT2D eigenvalue weighted by Crippen LogP contribution is -2.00. The van der Waals surface area contributed by atoms with Crippen molar-refractivity contribution in [2.75, 3.05) is 0 Å². The topological polar surface area (TPSA) is 51.6 Å². The first kappa shape index (κ1) is 32.6. The van der Waals surface area contributed by atoms with Crippen LogP contribution in [0.3, 0.4) is 0 Å². The highest BCUT2D eigenvalue weighted by molar-refractivity contribution is 5.80. The van der Waals surface area contributed by atoms with Crippen LogP contribution in [0.25, 0.3) is 90.1 Å². The van der Waals surface area contributed by atoms with Gasteiger partial charge in [-0.05, 0) is 57.6 Å². The summed E-state index contributed by atoms with van der Waals surface area (Å²) in [5.41, 5.74) is 13.7. The molecule has 9 rings (SSSR count). The van der Waals surface area contributed by atoms with E-state index in [1.54, 1.807) is 0 Å². The molecule has 0 saturated heterocycles. The predicted octanol–water partition coefficient (Wildman–Crippen LogP) is 12.6. The Morgan fingerprint density at radius 3 is 0.926 bits per heavy atom. The smallest absolute Gasteiger partial charge is 0.164 e. The lowest BCUT2D eigenvalue weighted by Gasteiger charge is -2.12. The number of aromatic nitrogens is 4. The minimum atomic E-state index is 0.639. The number of nitrogens with zero attached hydrogens (tertiary/aromatic N) is 4. The SMILES string of the molecule is c1ccc(-c2cc(-c3cccc(-c4ccc(-c5cccc(-c6nc(-c7ccccc7)nc(-c7ccccc7)n6)c5)cc4)c3)cc(-c3ccccc3)n2)cc1. The lowest BCUT2D eigenvalue weighted by atomic mass is 9.95. The van der Waals surface area contributed by atoms with Gasteiger partial charge in [0.05, 0.1) is 11.4 Å². The van der Waals surface area contributed by atoms with Crippen LogP contribution in [0, 0.1) is 0 Å². The fraction of sp³-hybridized carbons (Fsp3) is 0. The van der Waals surface area contributed by atoms with Crippen molar-refractivity contribution in [2.24, 2.45) is 0 Å².